The zero-order valence-electron chi connectivity index (χ0n) is 18.4. The number of ether oxygens (including phenoxy) is 2. The minimum Gasteiger partial charge on any atom is -0.389 e. The Morgan fingerprint density at radius 2 is 2.12 bits per heavy atom. The van der Waals surface area contributed by atoms with Crippen molar-refractivity contribution in [3.05, 3.63) is 53.6 Å². The summed E-state index contributed by atoms with van der Waals surface area (Å²) in [6.45, 7) is 0.261. The Labute approximate surface area is 203 Å². The van der Waals surface area contributed by atoms with Gasteiger partial charge in [0.1, 0.15) is 6.33 Å². The van der Waals surface area contributed by atoms with E-state index in [2.05, 4.69) is 15.3 Å². The molecule has 0 bridgehead atoms. The SMILES string of the molecule is O=C(C[C@H]1CC[C@H]2[C@@H](COC[C@@H](O)CN2S(=O)(=O)c2cccc(Cl)c2)O1)NCc1ccncn1. The number of rotatable bonds is 6. The molecule has 2 N–H and O–H groups in total. The highest BCUT2D eigenvalue weighted by Crippen LogP contribution is 2.32. The molecule has 4 atom stereocenters. The van der Waals surface area contributed by atoms with Crippen molar-refractivity contribution in [3.8, 4) is 0 Å². The van der Waals surface area contributed by atoms with Gasteiger partial charge in [-0.3, -0.25) is 4.79 Å². The number of β-amino-alcohol motifs (C(OH)–C–C–N with tert-alkyl or cyclic N) is 1. The molecule has 2 aliphatic rings. The van der Waals surface area contributed by atoms with Crippen molar-refractivity contribution >= 4 is 27.5 Å². The third-order valence-corrected chi connectivity index (χ3v) is 7.98. The molecule has 4 rings (SSSR count). The second kappa shape index (κ2) is 11.1. The van der Waals surface area contributed by atoms with Gasteiger partial charge >= 0.3 is 0 Å². The topological polar surface area (TPSA) is 131 Å². The number of fused-ring (bicyclic) bond motifs is 1. The Kier molecular flexibility index (Phi) is 8.12. The first-order valence-electron chi connectivity index (χ1n) is 11.0. The molecule has 0 saturated carbocycles. The third-order valence-electron chi connectivity index (χ3n) is 5.86. The first kappa shape index (κ1) is 25.0. The molecule has 12 heteroatoms. The number of sulfonamides is 1. The predicted molar refractivity (Wildman–Crippen MR) is 122 cm³/mol. The number of nitrogens with zero attached hydrogens (tertiary/aromatic N) is 3. The van der Waals surface area contributed by atoms with Crippen LogP contribution in [-0.4, -0.2) is 77.8 Å². The molecule has 1 aromatic heterocycles. The molecule has 0 radical (unpaired) electrons. The molecule has 2 fully saturated rings. The highest BCUT2D eigenvalue weighted by Gasteiger charge is 2.43. The molecule has 1 amide bonds. The molecule has 2 aliphatic heterocycles. The number of benzene rings is 1. The number of aliphatic hydroxyl groups excluding tert-OH is 1. The van der Waals surface area contributed by atoms with Crippen LogP contribution < -0.4 is 5.32 Å². The van der Waals surface area contributed by atoms with E-state index in [-0.39, 0.29) is 49.6 Å². The van der Waals surface area contributed by atoms with Crippen molar-refractivity contribution in [1.29, 1.82) is 0 Å². The number of carbonyl (C=O) groups excluding carboxylic acids is 1. The van der Waals surface area contributed by atoms with Gasteiger partial charge in [0.05, 0.1) is 61.1 Å². The number of hydrogen-bond acceptors (Lipinski definition) is 8. The quantitative estimate of drug-likeness (QED) is 0.591. The van der Waals surface area contributed by atoms with Gasteiger partial charge in [0, 0.05) is 17.8 Å². The molecule has 0 unspecified atom stereocenters. The molecule has 3 heterocycles. The molecule has 0 aliphatic carbocycles. The van der Waals surface area contributed by atoms with E-state index >= 15 is 0 Å². The van der Waals surface area contributed by atoms with Crippen LogP contribution in [0.15, 0.2) is 47.8 Å². The predicted octanol–water partition coefficient (Wildman–Crippen LogP) is 1.13. The smallest absolute Gasteiger partial charge is 0.243 e. The summed E-state index contributed by atoms with van der Waals surface area (Å²) in [6, 6.07) is 7.22. The van der Waals surface area contributed by atoms with E-state index in [0.717, 1.165) is 0 Å². The Hall–Kier alpha value is -2.15. The number of hydrogen-bond donors (Lipinski definition) is 2. The van der Waals surface area contributed by atoms with Crippen LogP contribution in [0.4, 0.5) is 0 Å². The molecule has 2 aromatic rings. The summed E-state index contributed by atoms with van der Waals surface area (Å²) >= 11 is 6.02. The minimum absolute atomic E-state index is 0.0156. The first-order chi connectivity index (χ1) is 16.3. The van der Waals surface area contributed by atoms with E-state index in [1.165, 1.54) is 22.8 Å². The number of aliphatic hydroxyl groups is 1. The summed E-state index contributed by atoms with van der Waals surface area (Å²) in [7, 11) is -3.95. The van der Waals surface area contributed by atoms with Crippen LogP contribution in [0, 0.1) is 0 Å². The summed E-state index contributed by atoms with van der Waals surface area (Å²) in [4.78, 5) is 20.4. The van der Waals surface area contributed by atoms with Crippen LogP contribution in [-0.2, 0) is 30.8 Å². The average Bonchev–Trinajstić information content (AvgIpc) is 2.81. The van der Waals surface area contributed by atoms with E-state index < -0.39 is 28.3 Å². The molecule has 0 spiro atoms. The Morgan fingerprint density at radius 1 is 1.26 bits per heavy atom. The Bertz CT molecular complexity index is 1090. The standard InChI is InChI=1S/C22H27ClN4O6S/c23-15-2-1-3-19(8-15)34(30,31)27-11-17(28)12-32-13-21-20(27)5-4-18(33-21)9-22(29)25-10-16-6-7-24-14-26-16/h1-3,6-8,14,17-18,20-21,28H,4-5,9-13H2,(H,25,29)/t17-,18+,20-,21+/m0/s1. The van der Waals surface area contributed by atoms with Crippen LogP contribution >= 0.6 is 11.6 Å². The fourth-order valence-corrected chi connectivity index (χ4v) is 6.24. The minimum atomic E-state index is -3.95. The third kappa shape index (κ3) is 6.09. The van der Waals surface area contributed by atoms with Gasteiger partial charge < -0.3 is 19.9 Å². The lowest BCUT2D eigenvalue weighted by molar-refractivity contribution is -0.146. The fraction of sp³-hybridized carbons (Fsp3) is 0.500. The molecule has 184 valence electrons. The lowest BCUT2D eigenvalue weighted by Crippen LogP contribution is -2.57. The highest BCUT2D eigenvalue weighted by atomic mass is 35.5. The van der Waals surface area contributed by atoms with Crippen LogP contribution in [0.25, 0.3) is 0 Å². The second-order valence-electron chi connectivity index (χ2n) is 8.35. The van der Waals surface area contributed by atoms with Crippen molar-refractivity contribution in [3.63, 3.8) is 0 Å². The van der Waals surface area contributed by atoms with Crippen LogP contribution in [0.2, 0.25) is 5.02 Å². The zero-order chi connectivity index (χ0) is 24.1. The van der Waals surface area contributed by atoms with E-state index in [4.69, 9.17) is 21.1 Å². The number of carbonyl (C=O) groups is 1. The maximum atomic E-state index is 13.5. The van der Waals surface area contributed by atoms with Gasteiger partial charge in [-0.05, 0) is 37.1 Å². The number of amides is 1. The molecular formula is C22H27ClN4O6S. The lowest BCUT2D eigenvalue weighted by Gasteiger charge is -2.43. The van der Waals surface area contributed by atoms with Crippen molar-refractivity contribution in [1.82, 2.24) is 19.6 Å². The van der Waals surface area contributed by atoms with Crippen LogP contribution in [0.5, 0.6) is 0 Å². The maximum absolute atomic E-state index is 13.5. The molecule has 10 nitrogen and oxygen atoms in total. The maximum Gasteiger partial charge on any atom is 0.243 e. The fourth-order valence-electron chi connectivity index (χ4n) is 4.22. The number of nitrogens with one attached hydrogen (secondary N) is 1. The highest BCUT2D eigenvalue weighted by molar-refractivity contribution is 7.89. The first-order valence-corrected chi connectivity index (χ1v) is 12.8. The van der Waals surface area contributed by atoms with Gasteiger partial charge in [0.25, 0.3) is 0 Å². The molecule has 1 aromatic carbocycles. The summed E-state index contributed by atoms with van der Waals surface area (Å²) in [5.41, 5.74) is 0.696. The van der Waals surface area contributed by atoms with E-state index in [1.54, 1.807) is 24.4 Å². The normalized spacial score (nSPS) is 26.2. The Balaban J connectivity index is 1.44. The Morgan fingerprint density at radius 3 is 2.88 bits per heavy atom. The van der Waals surface area contributed by atoms with Gasteiger partial charge in [0.2, 0.25) is 15.9 Å². The number of aromatic nitrogens is 2. The monoisotopic (exact) mass is 510 g/mol. The van der Waals surface area contributed by atoms with Crippen LogP contribution in [0.1, 0.15) is 25.0 Å². The number of halogens is 1. The van der Waals surface area contributed by atoms with Gasteiger partial charge in [-0.2, -0.15) is 4.31 Å². The van der Waals surface area contributed by atoms with E-state index in [9.17, 15) is 18.3 Å². The van der Waals surface area contributed by atoms with E-state index in [1.807, 2.05) is 0 Å². The molecule has 2 saturated heterocycles. The van der Waals surface area contributed by atoms with E-state index in [0.29, 0.717) is 23.6 Å². The van der Waals surface area contributed by atoms with Gasteiger partial charge in [0.15, 0.2) is 0 Å². The second-order valence-corrected chi connectivity index (χ2v) is 10.7. The van der Waals surface area contributed by atoms with Crippen molar-refractivity contribution < 1.29 is 27.8 Å². The van der Waals surface area contributed by atoms with Crippen molar-refractivity contribution in [2.75, 3.05) is 19.8 Å². The van der Waals surface area contributed by atoms with Gasteiger partial charge in [-0.15, -0.1) is 0 Å². The summed E-state index contributed by atoms with van der Waals surface area (Å²) in [5, 5.41) is 13.4. The summed E-state index contributed by atoms with van der Waals surface area (Å²) in [5.74, 6) is -0.187. The summed E-state index contributed by atoms with van der Waals surface area (Å²) in [6.07, 6.45) is 2.18. The largest absolute Gasteiger partial charge is 0.389 e. The lowest BCUT2D eigenvalue weighted by atomic mass is 9.96. The molecule has 34 heavy (non-hydrogen) atoms. The molecular weight excluding hydrogens is 484 g/mol. The summed E-state index contributed by atoms with van der Waals surface area (Å²) < 4.78 is 39.9. The van der Waals surface area contributed by atoms with Crippen molar-refractivity contribution in [2.45, 2.75) is 55.1 Å². The van der Waals surface area contributed by atoms with Crippen LogP contribution in [0.3, 0.4) is 0 Å². The zero-order valence-corrected chi connectivity index (χ0v) is 20.0. The van der Waals surface area contributed by atoms with Gasteiger partial charge in [-0.25, -0.2) is 18.4 Å². The van der Waals surface area contributed by atoms with Crippen molar-refractivity contribution in [2.24, 2.45) is 0 Å². The van der Waals surface area contributed by atoms with Gasteiger partial charge in [-0.1, -0.05) is 17.7 Å². The average molecular weight is 511 g/mol.